The molecule has 2 amide bonds. The number of amides is 2. The van der Waals surface area contributed by atoms with Crippen molar-refractivity contribution >= 4 is 6.03 Å². The van der Waals surface area contributed by atoms with Gasteiger partial charge in [-0.15, -0.1) is 0 Å². The second-order valence-electron chi connectivity index (χ2n) is 6.38. The van der Waals surface area contributed by atoms with E-state index in [2.05, 4.69) is 12.2 Å². The summed E-state index contributed by atoms with van der Waals surface area (Å²) in [6, 6.07) is 7.81. The van der Waals surface area contributed by atoms with Gasteiger partial charge in [-0.25, -0.2) is 4.79 Å². The molecule has 0 spiro atoms. The Morgan fingerprint density at radius 2 is 2.10 bits per heavy atom. The average molecular weight is 290 g/mol. The third-order valence-electron chi connectivity index (χ3n) is 4.38. The predicted molar refractivity (Wildman–Crippen MR) is 84.4 cm³/mol. The van der Waals surface area contributed by atoms with E-state index in [1.165, 1.54) is 25.7 Å². The number of hydrogen-bond donors (Lipinski definition) is 1. The number of rotatable bonds is 5. The largest absolute Gasteiger partial charge is 0.497 e. The summed E-state index contributed by atoms with van der Waals surface area (Å²) in [6.07, 6.45) is 5.00. The van der Waals surface area contributed by atoms with Gasteiger partial charge in [-0.3, -0.25) is 0 Å². The van der Waals surface area contributed by atoms with Crippen LogP contribution >= 0.6 is 0 Å². The molecule has 0 atom stereocenters. The van der Waals surface area contributed by atoms with Gasteiger partial charge in [-0.1, -0.05) is 31.9 Å². The Hall–Kier alpha value is -1.71. The lowest BCUT2D eigenvalue weighted by molar-refractivity contribution is 0.199. The number of nitrogens with zero attached hydrogens (tertiary/aromatic N) is 1. The zero-order valence-electron chi connectivity index (χ0n) is 13.3. The van der Waals surface area contributed by atoms with Crippen molar-refractivity contribution in [3.63, 3.8) is 0 Å². The molecule has 21 heavy (non-hydrogen) atoms. The van der Waals surface area contributed by atoms with Gasteiger partial charge >= 0.3 is 6.03 Å². The SMILES string of the molecule is COc1cccc(CN(C)C(=O)NCC2(C)CCCC2)c1. The van der Waals surface area contributed by atoms with E-state index in [-0.39, 0.29) is 11.4 Å². The van der Waals surface area contributed by atoms with Crippen molar-refractivity contribution in [2.45, 2.75) is 39.2 Å². The van der Waals surface area contributed by atoms with E-state index in [1.54, 1.807) is 12.0 Å². The van der Waals surface area contributed by atoms with E-state index >= 15 is 0 Å². The van der Waals surface area contributed by atoms with E-state index in [1.807, 2.05) is 31.3 Å². The van der Waals surface area contributed by atoms with Gasteiger partial charge in [0.15, 0.2) is 0 Å². The fourth-order valence-corrected chi connectivity index (χ4v) is 2.95. The maximum atomic E-state index is 12.2. The highest BCUT2D eigenvalue weighted by atomic mass is 16.5. The molecule has 4 heteroatoms. The number of methoxy groups -OCH3 is 1. The number of nitrogens with one attached hydrogen (secondary N) is 1. The molecule has 116 valence electrons. The summed E-state index contributed by atoms with van der Waals surface area (Å²) < 4.78 is 5.21. The first kappa shape index (κ1) is 15.7. The molecule has 4 nitrogen and oxygen atoms in total. The molecule has 0 aliphatic heterocycles. The summed E-state index contributed by atoms with van der Waals surface area (Å²) in [4.78, 5) is 13.9. The molecule has 2 rings (SSSR count). The molecule has 1 saturated carbocycles. The van der Waals surface area contributed by atoms with E-state index in [9.17, 15) is 4.79 Å². The molecular weight excluding hydrogens is 264 g/mol. The first-order valence-electron chi connectivity index (χ1n) is 7.64. The summed E-state index contributed by atoms with van der Waals surface area (Å²) in [5.41, 5.74) is 1.35. The first-order valence-corrected chi connectivity index (χ1v) is 7.64. The maximum Gasteiger partial charge on any atom is 0.317 e. The van der Waals surface area contributed by atoms with Gasteiger partial charge in [0.25, 0.3) is 0 Å². The van der Waals surface area contributed by atoms with Crippen molar-refractivity contribution in [1.29, 1.82) is 0 Å². The van der Waals surface area contributed by atoms with Crippen LogP contribution in [0, 0.1) is 5.41 Å². The maximum absolute atomic E-state index is 12.2. The van der Waals surface area contributed by atoms with Crippen LogP contribution < -0.4 is 10.1 Å². The highest BCUT2D eigenvalue weighted by Crippen LogP contribution is 2.36. The van der Waals surface area contributed by atoms with Gasteiger partial charge in [-0.2, -0.15) is 0 Å². The third-order valence-corrected chi connectivity index (χ3v) is 4.38. The molecule has 1 aromatic rings. The Bertz CT molecular complexity index is 481. The Kier molecular flexibility index (Phi) is 5.10. The van der Waals surface area contributed by atoms with Crippen molar-refractivity contribution in [3.8, 4) is 5.75 Å². The van der Waals surface area contributed by atoms with Crippen LogP contribution in [-0.2, 0) is 6.54 Å². The Morgan fingerprint density at radius 3 is 2.76 bits per heavy atom. The van der Waals surface area contributed by atoms with Gasteiger partial charge in [0, 0.05) is 20.1 Å². The van der Waals surface area contributed by atoms with Crippen LogP contribution in [0.3, 0.4) is 0 Å². The van der Waals surface area contributed by atoms with Crippen LogP contribution in [0.4, 0.5) is 4.79 Å². The monoisotopic (exact) mass is 290 g/mol. The van der Waals surface area contributed by atoms with E-state index in [0.29, 0.717) is 6.54 Å². The molecule has 1 fully saturated rings. The normalized spacial score (nSPS) is 16.5. The minimum Gasteiger partial charge on any atom is -0.497 e. The molecule has 0 radical (unpaired) electrons. The van der Waals surface area contributed by atoms with Crippen molar-refractivity contribution in [3.05, 3.63) is 29.8 Å². The van der Waals surface area contributed by atoms with Crippen molar-refractivity contribution in [1.82, 2.24) is 10.2 Å². The van der Waals surface area contributed by atoms with Crippen molar-refractivity contribution < 1.29 is 9.53 Å². The summed E-state index contributed by atoms with van der Waals surface area (Å²) in [5.74, 6) is 0.819. The zero-order valence-corrected chi connectivity index (χ0v) is 13.3. The van der Waals surface area contributed by atoms with Crippen LogP contribution in [-0.4, -0.2) is 31.6 Å². The number of hydrogen-bond acceptors (Lipinski definition) is 2. The minimum absolute atomic E-state index is 0.00838. The summed E-state index contributed by atoms with van der Waals surface area (Å²) in [6.45, 7) is 3.62. The molecular formula is C17H26N2O2. The lowest BCUT2D eigenvalue weighted by Crippen LogP contribution is -2.41. The summed E-state index contributed by atoms with van der Waals surface area (Å²) in [7, 11) is 3.48. The van der Waals surface area contributed by atoms with Gasteiger partial charge in [0.05, 0.1) is 7.11 Å². The highest BCUT2D eigenvalue weighted by molar-refractivity contribution is 5.73. The fraction of sp³-hybridized carbons (Fsp3) is 0.588. The standard InChI is InChI=1S/C17H26N2O2/c1-17(9-4-5-10-17)13-18-16(20)19(2)12-14-7-6-8-15(11-14)21-3/h6-8,11H,4-5,9-10,12-13H2,1-3H3,(H,18,20). The van der Waals surface area contributed by atoms with Gasteiger partial charge in [-0.05, 0) is 36.0 Å². The zero-order chi connectivity index (χ0) is 15.3. The number of ether oxygens (including phenoxy) is 1. The molecule has 1 aromatic carbocycles. The lowest BCUT2D eigenvalue weighted by atomic mass is 9.89. The van der Waals surface area contributed by atoms with Crippen molar-refractivity contribution in [2.75, 3.05) is 20.7 Å². The average Bonchev–Trinajstić information content (AvgIpc) is 2.92. The minimum atomic E-state index is -0.00838. The van der Waals surface area contributed by atoms with Crippen LogP contribution in [0.2, 0.25) is 0 Å². The third kappa shape index (κ3) is 4.38. The van der Waals surface area contributed by atoms with Crippen LogP contribution in [0.1, 0.15) is 38.2 Å². The molecule has 0 bridgehead atoms. The van der Waals surface area contributed by atoms with Gasteiger partial charge in [0.1, 0.15) is 5.75 Å². The lowest BCUT2D eigenvalue weighted by Gasteiger charge is -2.26. The Labute approximate surface area is 127 Å². The van der Waals surface area contributed by atoms with Gasteiger partial charge < -0.3 is 15.0 Å². The Balaban J connectivity index is 1.84. The van der Waals surface area contributed by atoms with Crippen LogP contribution in [0.15, 0.2) is 24.3 Å². The molecule has 1 N–H and O–H groups in total. The molecule has 0 unspecified atom stereocenters. The molecule has 0 heterocycles. The van der Waals surface area contributed by atoms with E-state index < -0.39 is 0 Å². The molecule has 0 aromatic heterocycles. The highest BCUT2D eigenvalue weighted by Gasteiger charge is 2.29. The van der Waals surface area contributed by atoms with Crippen molar-refractivity contribution in [2.24, 2.45) is 5.41 Å². The van der Waals surface area contributed by atoms with Gasteiger partial charge in [0.2, 0.25) is 0 Å². The molecule has 1 aliphatic rings. The summed E-state index contributed by atoms with van der Waals surface area (Å²) in [5, 5.41) is 3.07. The Morgan fingerprint density at radius 1 is 1.38 bits per heavy atom. The number of carbonyl (C=O) groups excluding carboxylic acids is 1. The number of urea groups is 1. The molecule has 1 aliphatic carbocycles. The molecule has 0 saturated heterocycles. The van der Waals surface area contributed by atoms with Crippen LogP contribution in [0.25, 0.3) is 0 Å². The van der Waals surface area contributed by atoms with E-state index in [4.69, 9.17) is 4.74 Å². The number of carbonyl (C=O) groups is 1. The number of benzene rings is 1. The first-order chi connectivity index (χ1) is 10.0. The topological polar surface area (TPSA) is 41.6 Å². The van der Waals surface area contributed by atoms with E-state index in [0.717, 1.165) is 17.9 Å². The summed E-state index contributed by atoms with van der Waals surface area (Å²) >= 11 is 0. The quantitative estimate of drug-likeness (QED) is 0.903. The fourth-order valence-electron chi connectivity index (χ4n) is 2.95. The smallest absolute Gasteiger partial charge is 0.317 e. The second-order valence-corrected chi connectivity index (χ2v) is 6.38. The van der Waals surface area contributed by atoms with Crippen LogP contribution in [0.5, 0.6) is 5.75 Å². The second kappa shape index (κ2) is 6.83. The predicted octanol–water partition coefficient (Wildman–Crippen LogP) is 3.42.